The molecule has 16 heavy (non-hydrogen) atoms. The minimum Gasteiger partial charge on any atom is -0.370 e. The Labute approximate surface area is 95.9 Å². The standard InChI is InChI=1S/C10H17N3O2S/c1-2-5-13-9(11)12-7-10(13)4-3-6-16(14,15)8-10/h2H,1,3-8H2,(H2,11,12). The number of nitrogens with two attached hydrogens (primary N) is 1. The van der Waals surface area contributed by atoms with E-state index in [9.17, 15) is 8.42 Å². The van der Waals surface area contributed by atoms with Gasteiger partial charge in [0.25, 0.3) is 0 Å². The van der Waals surface area contributed by atoms with Crippen LogP contribution in [0.2, 0.25) is 0 Å². The van der Waals surface area contributed by atoms with E-state index in [0.717, 1.165) is 6.42 Å². The van der Waals surface area contributed by atoms with Gasteiger partial charge in [-0.05, 0) is 12.8 Å². The van der Waals surface area contributed by atoms with Gasteiger partial charge in [0.05, 0.1) is 23.6 Å². The molecule has 0 radical (unpaired) electrons. The maximum atomic E-state index is 11.7. The van der Waals surface area contributed by atoms with Crippen LogP contribution in [0.3, 0.4) is 0 Å². The minimum atomic E-state index is -2.95. The van der Waals surface area contributed by atoms with Crippen LogP contribution in [0.15, 0.2) is 17.6 Å². The number of hydrogen-bond acceptors (Lipinski definition) is 5. The highest BCUT2D eigenvalue weighted by Gasteiger charge is 2.47. The van der Waals surface area contributed by atoms with Crippen molar-refractivity contribution in [1.82, 2.24) is 4.90 Å². The van der Waals surface area contributed by atoms with Crippen molar-refractivity contribution in [2.24, 2.45) is 10.7 Å². The third kappa shape index (κ3) is 1.81. The van der Waals surface area contributed by atoms with Crippen molar-refractivity contribution in [3.05, 3.63) is 12.7 Å². The van der Waals surface area contributed by atoms with Crippen molar-refractivity contribution in [1.29, 1.82) is 0 Å². The van der Waals surface area contributed by atoms with Gasteiger partial charge in [0.15, 0.2) is 15.8 Å². The molecule has 1 saturated heterocycles. The molecule has 5 nitrogen and oxygen atoms in total. The second kappa shape index (κ2) is 3.76. The van der Waals surface area contributed by atoms with E-state index in [0.29, 0.717) is 25.5 Å². The van der Waals surface area contributed by atoms with Crippen LogP contribution in [0.1, 0.15) is 12.8 Å². The topological polar surface area (TPSA) is 75.8 Å². The Balaban J connectivity index is 2.28. The Morgan fingerprint density at radius 3 is 3.00 bits per heavy atom. The fourth-order valence-corrected chi connectivity index (χ4v) is 4.51. The van der Waals surface area contributed by atoms with Gasteiger partial charge in [0, 0.05) is 6.54 Å². The van der Waals surface area contributed by atoms with E-state index in [1.54, 1.807) is 6.08 Å². The first-order chi connectivity index (χ1) is 7.49. The number of rotatable bonds is 2. The minimum absolute atomic E-state index is 0.165. The molecule has 2 rings (SSSR count). The molecule has 90 valence electrons. The van der Waals surface area contributed by atoms with Gasteiger partial charge in [-0.2, -0.15) is 0 Å². The molecule has 2 aliphatic rings. The highest BCUT2D eigenvalue weighted by atomic mass is 32.2. The maximum Gasteiger partial charge on any atom is 0.192 e. The van der Waals surface area contributed by atoms with Crippen molar-refractivity contribution < 1.29 is 8.42 Å². The zero-order chi connectivity index (χ0) is 11.8. The molecule has 0 aromatic rings. The first-order valence-electron chi connectivity index (χ1n) is 5.38. The quantitative estimate of drug-likeness (QED) is 0.679. The predicted molar refractivity (Wildman–Crippen MR) is 64.0 cm³/mol. The molecule has 0 saturated carbocycles. The van der Waals surface area contributed by atoms with E-state index >= 15 is 0 Å². The lowest BCUT2D eigenvalue weighted by Crippen LogP contribution is -2.57. The summed E-state index contributed by atoms with van der Waals surface area (Å²) in [5, 5.41) is 0. The lowest BCUT2D eigenvalue weighted by molar-refractivity contribution is 0.219. The summed E-state index contributed by atoms with van der Waals surface area (Å²) in [6, 6.07) is 0. The largest absolute Gasteiger partial charge is 0.370 e. The summed E-state index contributed by atoms with van der Waals surface area (Å²) in [4.78, 5) is 6.07. The average Bonchev–Trinajstić information content (AvgIpc) is 2.46. The molecule has 1 spiro atoms. The van der Waals surface area contributed by atoms with Gasteiger partial charge in [0.1, 0.15) is 0 Å². The van der Waals surface area contributed by atoms with Crippen LogP contribution in [0.5, 0.6) is 0 Å². The van der Waals surface area contributed by atoms with Crippen LogP contribution < -0.4 is 5.73 Å². The number of hydrogen-bond donors (Lipinski definition) is 1. The molecule has 2 N–H and O–H groups in total. The highest BCUT2D eigenvalue weighted by molar-refractivity contribution is 7.91. The Morgan fingerprint density at radius 1 is 1.62 bits per heavy atom. The Kier molecular flexibility index (Phi) is 2.69. The van der Waals surface area contributed by atoms with Gasteiger partial charge in [-0.15, -0.1) is 6.58 Å². The molecule has 2 heterocycles. The molecule has 0 bridgehead atoms. The van der Waals surface area contributed by atoms with Crippen molar-refractivity contribution in [3.63, 3.8) is 0 Å². The second-order valence-corrected chi connectivity index (χ2v) is 6.68. The molecule has 0 aromatic carbocycles. The Bertz CT molecular complexity index is 429. The summed E-state index contributed by atoms with van der Waals surface area (Å²) in [6.45, 7) is 4.72. The molecular formula is C10H17N3O2S. The van der Waals surface area contributed by atoms with E-state index in [-0.39, 0.29) is 11.5 Å². The van der Waals surface area contributed by atoms with Crippen molar-refractivity contribution in [3.8, 4) is 0 Å². The highest BCUT2D eigenvalue weighted by Crippen LogP contribution is 2.32. The Morgan fingerprint density at radius 2 is 2.38 bits per heavy atom. The number of aliphatic imine (C=N–C) groups is 1. The van der Waals surface area contributed by atoms with Gasteiger partial charge >= 0.3 is 0 Å². The van der Waals surface area contributed by atoms with E-state index in [4.69, 9.17) is 5.73 Å². The van der Waals surface area contributed by atoms with Crippen molar-refractivity contribution in [2.75, 3.05) is 24.6 Å². The van der Waals surface area contributed by atoms with Gasteiger partial charge in [0.2, 0.25) is 0 Å². The molecule has 0 aliphatic carbocycles. The summed E-state index contributed by atoms with van der Waals surface area (Å²) in [5.41, 5.74) is 5.39. The number of guanidine groups is 1. The summed E-state index contributed by atoms with van der Waals surface area (Å²) in [6.07, 6.45) is 3.26. The zero-order valence-electron chi connectivity index (χ0n) is 9.22. The zero-order valence-corrected chi connectivity index (χ0v) is 10.0. The lowest BCUT2D eigenvalue weighted by Gasteiger charge is -2.41. The number of nitrogens with zero attached hydrogens (tertiary/aromatic N) is 2. The fourth-order valence-electron chi connectivity index (χ4n) is 2.57. The second-order valence-electron chi connectivity index (χ2n) is 4.49. The summed E-state index contributed by atoms with van der Waals surface area (Å²) >= 11 is 0. The fraction of sp³-hybridized carbons (Fsp3) is 0.700. The van der Waals surface area contributed by atoms with E-state index in [1.807, 2.05) is 4.90 Å². The molecule has 6 heteroatoms. The van der Waals surface area contributed by atoms with Gasteiger partial charge in [-0.1, -0.05) is 6.08 Å². The third-order valence-electron chi connectivity index (χ3n) is 3.28. The van der Waals surface area contributed by atoms with Crippen LogP contribution in [0, 0.1) is 0 Å². The predicted octanol–water partition coefficient (Wildman–Crippen LogP) is -0.250. The summed E-state index contributed by atoms with van der Waals surface area (Å²) in [5.74, 6) is 0.895. The van der Waals surface area contributed by atoms with E-state index in [2.05, 4.69) is 11.6 Å². The van der Waals surface area contributed by atoms with E-state index in [1.165, 1.54) is 0 Å². The summed E-state index contributed by atoms with van der Waals surface area (Å²) in [7, 11) is -2.95. The summed E-state index contributed by atoms with van der Waals surface area (Å²) < 4.78 is 23.4. The van der Waals surface area contributed by atoms with Crippen LogP contribution in [0.4, 0.5) is 0 Å². The van der Waals surface area contributed by atoms with Crippen molar-refractivity contribution >= 4 is 15.8 Å². The normalized spacial score (nSPS) is 32.8. The molecule has 1 fully saturated rings. The van der Waals surface area contributed by atoms with Crippen LogP contribution in [-0.2, 0) is 9.84 Å². The van der Waals surface area contributed by atoms with Gasteiger partial charge < -0.3 is 10.6 Å². The van der Waals surface area contributed by atoms with Gasteiger partial charge in [-0.25, -0.2) is 8.42 Å². The van der Waals surface area contributed by atoms with Crippen molar-refractivity contribution in [2.45, 2.75) is 18.4 Å². The number of sulfone groups is 1. The molecule has 0 amide bonds. The molecule has 1 atom stereocenters. The molecule has 0 aromatic heterocycles. The first kappa shape index (κ1) is 11.4. The smallest absolute Gasteiger partial charge is 0.192 e. The van der Waals surface area contributed by atoms with Crippen LogP contribution >= 0.6 is 0 Å². The third-order valence-corrected chi connectivity index (χ3v) is 5.17. The first-order valence-corrected chi connectivity index (χ1v) is 7.20. The van der Waals surface area contributed by atoms with Crippen LogP contribution in [-0.4, -0.2) is 49.4 Å². The molecule has 1 unspecified atom stereocenters. The maximum absolute atomic E-state index is 11.7. The Hall–Kier alpha value is -1.04. The average molecular weight is 243 g/mol. The van der Waals surface area contributed by atoms with Gasteiger partial charge in [-0.3, -0.25) is 4.99 Å². The molecule has 2 aliphatic heterocycles. The lowest BCUT2D eigenvalue weighted by atomic mass is 9.94. The van der Waals surface area contributed by atoms with E-state index < -0.39 is 15.4 Å². The van der Waals surface area contributed by atoms with Crippen LogP contribution in [0.25, 0.3) is 0 Å². The monoisotopic (exact) mass is 243 g/mol. The SMILES string of the molecule is C=CCN1C(N)=NCC12CCCS(=O)(=O)C2. The molecular weight excluding hydrogens is 226 g/mol.